The zero-order valence-corrected chi connectivity index (χ0v) is 10.6. The van der Waals surface area contributed by atoms with Crippen LogP contribution in [0.15, 0.2) is 22.7 Å². The van der Waals surface area contributed by atoms with Gasteiger partial charge in [0.2, 0.25) is 0 Å². The van der Waals surface area contributed by atoms with Crippen LogP contribution in [0.4, 0.5) is 5.69 Å². The lowest BCUT2D eigenvalue weighted by atomic mass is 9.95. The SMILES string of the molecule is O=[N+]([O-])c1cc(Br)ccc1OC1CC(Cl)C1. The summed E-state index contributed by atoms with van der Waals surface area (Å²) >= 11 is 9.01. The van der Waals surface area contributed by atoms with Crippen LogP contribution in [0.3, 0.4) is 0 Å². The fourth-order valence-corrected chi connectivity index (χ4v) is 2.26. The zero-order chi connectivity index (χ0) is 11.7. The highest BCUT2D eigenvalue weighted by atomic mass is 79.9. The van der Waals surface area contributed by atoms with Gasteiger partial charge in [-0.25, -0.2) is 0 Å². The van der Waals surface area contributed by atoms with E-state index < -0.39 is 4.92 Å². The molecule has 1 saturated carbocycles. The first kappa shape index (κ1) is 11.7. The molecule has 1 aliphatic rings. The van der Waals surface area contributed by atoms with Crippen molar-refractivity contribution in [3.63, 3.8) is 0 Å². The third-order valence-electron chi connectivity index (χ3n) is 2.45. The number of halogens is 2. The third kappa shape index (κ3) is 2.47. The molecule has 6 heteroatoms. The molecule has 0 saturated heterocycles. The summed E-state index contributed by atoms with van der Waals surface area (Å²) in [6.45, 7) is 0. The van der Waals surface area contributed by atoms with E-state index in [1.54, 1.807) is 12.1 Å². The topological polar surface area (TPSA) is 52.4 Å². The van der Waals surface area contributed by atoms with E-state index >= 15 is 0 Å². The van der Waals surface area contributed by atoms with Crippen molar-refractivity contribution in [3.8, 4) is 5.75 Å². The van der Waals surface area contributed by atoms with E-state index in [1.807, 2.05) is 0 Å². The van der Waals surface area contributed by atoms with Crippen molar-refractivity contribution in [2.75, 3.05) is 0 Å². The van der Waals surface area contributed by atoms with Gasteiger partial charge in [0.05, 0.1) is 4.92 Å². The molecule has 16 heavy (non-hydrogen) atoms. The van der Waals surface area contributed by atoms with Crippen LogP contribution in [-0.4, -0.2) is 16.4 Å². The van der Waals surface area contributed by atoms with Crippen molar-refractivity contribution in [1.29, 1.82) is 0 Å². The predicted molar refractivity (Wildman–Crippen MR) is 64.1 cm³/mol. The average Bonchev–Trinajstić information content (AvgIpc) is 2.17. The van der Waals surface area contributed by atoms with E-state index in [9.17, 15) is 10.1 Å². The van der Waals surface area contributed by atoms with E-state index in [2.05, 4.69) is 15.9 Å². The smallest absolute Gasteiger partial charge is 0.312 e. The van der Waals surface area contributed by atoms with Crippen molar-refractivity contribution in [2.24, 2.45) is 0 Å². The Morgan fingerprint density at radius 3 is 2.75 bits per heavy atom. The number of nitro groups is 1. The Kier molecular flexibility index (Phi) is 3.35. The minimum Gasteiger partial charge on any atom is -0.483 e. The molecule has 1 aromatic carbocycles. The summed E-state index contributed by atoms with van der Waals surface area (Å²) in [5, 5.41) is 10.9. The number of nitrogens with zero attached hydrogens (tertiary/aromatic N) is 1. The standard InChI is InChI=1S/C10H9BrClNO3/c11-6-1-2-10(9(3-6)13(14)15)16-8-4-7(12)5-8/h1-3,7-8H,4-5H2. The van der Waals surface area contributed by atoms with Gasteiger partial charge in [0, 0.05) is 28.8 Å². The average molecular weight is 307 g/mol. The molecule has 0 bridgehead atoms. The number of rotatable bonds is 3. The van der Waals surface area contributed by atoms with Crippen LogP contribution >= 0.6 is 27.5 Å². The van der Waals surface area contributed by atoms with Gasteiger partial charge >= 0.3 is 5.69 Å². The molecule has 86 valence electrons. The second-order valence-electron chi connectivity index (χ2n) is 3.68. The first-order chi connectivity index (χ1) is 7.56. The number of ether oxygens (including phenoxy) is 1. The monoisotopic (exact) mass is 305 g/mol. The van der Waals surface area contributed by atoms with Gasteiger partial charge in [-0.3, -0.25) is 10.1 Å². The Bertz CT molecular complexity index is 421. The van der Waals surface area contributed by atoms with Crippen molar-refractivity contribution >= 4 is 33.2 Å². The third-order valence-corrected chi connectivity index (χ3v) is 3.30. The number of benzene rings is 1. The van der Waals surface area contributed by atoms with Gasteiger partial charge < -0.3 is 4.74 Å². The molecule has 0 amide bonds. The molecule has 0 heterocycles. The normalized spacial score (nSPS) is 23.6. The number of hydrogen-bond donors (Lipinski definition) is 0. The molecule has 0 radical (unpaired) electrons. The number of alkyl halides is 1. The summed E-state index contributed by atoms with van der Waals surface area (Å²) in [6.07, 6.45) is 1.49. The summed E-state index contributed by atoms with van der Waals surface area (Å²) in [6, 6.07) is 4.76. The minimum atomic E-state index is -0.447. The van der Waals surface area contributed by atoms with Crippen LogP contribution in [0.5, 0.6) is 5.75 Å². The van der Waals surface area contributed by atoms with Crippen molar-refractivity contribution in [1.82, 2.24) is 0 Å². The Hall–Kier alpha value is -0.810. The summed E-state index contributed by atoms with van der Waals surface area (Å²) in [5.41, 5.74) is -0.0209. The Morgan fingerprint density at radius 1 is 1.50 bits per heavy atom. The van der Waals surface area contributed by atoms with Crippen molar-refractivity contribution in [3.05, 3.63) is 32.8 Å². The van der Waals surface area contributed by atoms with Gasteiger partial charge in [0.25, 0.3) is 0 Å². The lowest BCUT2D eigenvalue weighted by Crippen LogP contribution is -2.34. The van der Waals surface area contributed by atoms with Crippen molar-refractivity contribution < 1.29 is 9.66 Å². The first-order valence-corrected chi connectivity index (χ1v) is 6.04. The maximum Gasteiger partial charge on any atom is 0.312 e. The Balaban J connectivity index is 2.16. The van der Waals surface area contributed by atoms with Gasteiger partial charge in [-0.1, -0.05) is 15.9 Å². The highest BCUT2D eigenvalue weighted by Crippen LogP contribution is 2.35. The highest BCUT2D eigenvalue weighted by Gasteiger charge is 2.30. The maximum atomic E-state index is 10.8. The summed E-state index contributed by atoms with van der Waals surface area (Å²) < 4.78 is 6.18. The minimum absolute atomic E-state index is 0.00220. The lowest BCUT2D eigenvalue weighted by Gasteiger charge is -2.30. The van der Waals surface area contributed by atoms with Gasteiger partial charge in [0.15, 0.2) is 5.75 Å². The summed E-state index contributed by atoms with van der Waals surface area (Å²) in [7, 11) is 0. The van der Waals surface area contributed by atoms with E-state index in [0.29, 0.717) is 10.2 Å². The molecule has 1 fully saturated rings. The zero-order valence-electron chi connectivity index (χ0n) is 8.23. The van der Waals surface area contributed by atoms with Crippen LogP contribution in [0.25, 0.3) is 0 Å². The summed E-state index contributed by atoms with van der Waals surface area (Å²) in [4.78, 5) is 10.4. The fourth-order valence-electron chi connectivity index (χ4n) is 1.51. The summed E-state index contributed by atoms with van der Waals surface area (Å²) in [5.74, 6) is 0.307. The highest BCUT2D eigenvalue weighted by molar-refractivity contribution is 9.10. The second-order valence-corrected chi connectivity index (χ2v) is 5.21. The molecule has 0 aromatic heterocycles. The molecular weight excluding hydrogens is 297 g/mol. The van der Waals surface area contributed by atoms with Gasteiger partial charge in [0.1, 0.15) is 6.10 Å². The van der Waals surface area contributed by atoms with Crippen LogP contribution < -0.4 is 4.74 Å². The largest absolute Gasteiger partial charge is 0.483 e. The van der Waals surface area contributed by atoms with Crippen LogP contribution in [0.1, 0.15) is 12.8 Å². The second kappa shape index (κ2) is 4.59. The fraction of sp³-hybridized carbons (Fsp3) is 0.400. The molecule has 0 N–H and O–H groups in total. The number of nitro benzene ring substituents is 1. The van der Waals surface area contributed by atoms with Gasteiger partial charge in [-0.2, -0.15) is 0 Å². The van der Waals surface area contributed by atoms with E-state index in [-0.39, 0.29) is 17.2 Å². The molecule has 0 unspecified atom stereocenters. The molecule has 0 aliphatic heterocycles. The predicted octanol–water partition coefficient (Wildman–Crippen LogP) is 3.51. The first-order valence-electron chi connectivity index (χ1n) is 4.81. The lowest BCUT2D eigenvalue weighted by molar-refractivity contribution is -0.386. The van der Waals surface area contributed by atoms with Gasteiger partial charge in [-0.05, 0) is 12.1 Å². The van der Waals surface area contributed by atoms with Crippen LogP contribution in [0.2, 0.25) is 0 Å². The Labute approximate surface area is 106 Å². The van der Waals surface area contributed by atoms with Crippen LogP contribution in [-0.2, 0) is 0 Å². The van der Waals surface area contributed by atoms with Gasteiger partial charge in [-0.15, -0.1) is 11.6 Å². The van der Waals surface area contributed by atoms with E-state index in [0.717, 1.165) is 12.8 Å². The molecule has 1 aromatic rings. The molecular formula is C10H9BrClNO3. The molecule has 1 aliphatic carbocycles. The Morgan fingerprint density at radius 2 is 2.19 bits per heavy atom. The molecule has 0 atom stereocenters. The van der Waals surface area contributed by atoms with E-state index in [4.69, 9.17) is 16.3 Å². The molecule has 4 nitrogen and oxygen atoms in total. The quantitative estimate of drug-likeness (QED) is 0.488. The maximum absolute atomic E-state index is 10.8. The number of hydrogen-bond acceptors (Lipinski definition) is 3. The molecule has 0 spiro atoms. The van der Waals surface area contributed by atoms with E-state index in [1.165, 1.54) is 6.07 Å². The van der Waals surface area contributed by atoms with Crippen molar-refractivity contribution in [2.45, 2.75) is 24.3 Å². The van der Waals surface area contributed by atoms with Crippen LogP contribution in [0, 0.1) is 10.1 Å². The molecule has 2 rings (SSSR count).